The van der Waals surface area contributed by atoms with Crippen molar-refractivity contribution in [3.05, 3.63) is 80.7 Å². The highest BCUT2D eigenvalue weighted by molar-refractivity contribution is 7.12. The predicted octanol–water partition coefficient (Wildman–Crippen LogP) is 4.76. The van der Waals surface area contributed by atoms with Gasteiger partial charge in [0.2, 0.25) is 11.8 Å². The lowest BCUT2D eigenvalue weighted by atomic mass is 9.94. The fourth-order valence-electron chi connectivity index (χ4n) is 4.28. The van der Waals surface area contributed by atoms with Gasteiger partial charge in [0.25, 0.3) is 5.91 Å². The molecule has 3 amide bonds. The van der Waals surface area contributed by atoms with E-state index < -0.39 is 6.04 Å². The second kappa shape index (κ2) is 11.9. The Morgan fingerprint density at radius 3 is 2.32 bits per heavy atom. The first kappa shape index (κ1) is 24.2. The number of amides is 3. The average Bonchev–Trinajstić information content (AvgIpc) is 3.58. The zero-order chi connectivity index (χ0) is 23.8. The summed E-state index contributed by atoms with van der Waals surface area (Å²) in [6.07, 6.45) is 5.33. The van der Waals surface area contributed by atoms with Crippen LogP contribution in [0.1, 0.15) is 58.3 Å². The van der Waals surface area contributed by atoms with Crippen LogP contribution in [0.4, 0.5) is 0 Å². The van der Waals surface area contributed by atoms with E-state index in [1.54, 1.807) is 17.0 Å². The molecule has 2 heterocycles. The molecule has 6 nitrogen and oxygen atoms in total. The molecule has 3 aromatic rings. The van der Waals surface area contributed by atoms with E-state index in [0.717, 1.165) is 36.1 Å². The highest BCUT2D eigenvalue weighted by Gasteiger charge is 2.33. The molecular weight excluding hydrogens is 466 g/mol. The maximum Gasteiger partial charge on any atom is 0.261 e. The summed E-state index contributed by atoms with van der Waals surface area (Å²) < 4.78 is 0. The molecule has 1 atom stereocenters. The van der Waals surface area contributed by atoms with E-state index in [1.165, 1.54) is 29.1 Å². The minimum absolute atomic E-state index is 0.129. The number of hydrogen-bond acceptors (Lipinski definition) is 5. The lowest BCUT2D eigenvalue weighted by Crippen LogP contribution is -2.49. The molecule has 1 aliphatic rings. The topological polar surface area (TPSA) is 78.5 Å². The Bertz CT molecular complexity index is 1060. The summed E-state index contributed by atoms with van der Waals surface area (Å²) in [6.45, 7) is 0.116. The maximum absolute atomic E-state index is 13.6. The van der Waals surface area contributed by atoms with Crippen LogP contribution in [-0.4, -0.2) is 35.2 Å². The van der Waals surface area contributed by atoms with E-state index in [1.807, 2.05) is 53.2 Å². The minimum atomic E-state index is -0.781. The number of carbonyl (C=O) groups excluding carboxylic acids is 3. The summed E-state index contributed by atoms with van der Waals surface area (Å²) in [7, 11) is 0. The van der Waals surface area contributed by atoms with E-state index >= 15 is 0 Å². The molecule has 1 saturated carbocycles. The van der Waals surface area contributed by atoms with Crippen molar-refractivity contribution in [1.82, 2.24) is 15.5 Å². The van der Waals surface area contributed by atoms with Crippen molar-refractivity contribution in [2.75, 3.05) is 6.54 Å². The van der Waals surface area contributed by atoms with Gasteiger partial charge in [-0.25, -0.2) is 0 Å². The minimum Gasteiger partial charge on any atom is -0.351 e. The average molecular weight is 496 g/mol. The fraction of sp³-hybridized carbons (Fsp3) is 0.346. The molecule has 0 saturated heterocycles. The van der Waals surface area contributed by atoms with Crippen LogP contribution in [0.15, 0.2) is 65.4 Å². The van der Waals surface area contributed by atoms with Crippen molar-refractivity contribution in [3.63, 3.8) is 0 Å². The largest absolute Gasteiger partial charge is 0.351 e. The zero-order valence-electron chi connectivity index (χ0n) is 18.9. The molecule has 34 heavy (non-hydrogen) atoms. The Morgan fingerprint density at radius 2 is 1.65 bits per heavy atom. The van der Waals surface area contributed by atoms with Gasteiger partial charge in [-0.2, -0.15) is 0 Å². The predicted molar refractivity (Wildman–Crippen MR) is 136 cm³/mol. The van der Waals surface area contributed by atoms with E-state index in [9.17, 15) is 14.4 Å². The first-order valence-corrected chi connectivity index (χ1v) is 13.4. The number of carbonyl (C=O) groups is 3. The van der Waals surface area contributed by atoms with Gasteiger partial charge in [0.1, 0.15) is 6.04 Å². The highest BCUT2D eigenvalue weighted by Crippen LogP contribution is 2.26. The standard InChI is InChI=1S/C26H29N3O3S2/c30-23(17-27-25(31)22-14-8-16-34-22)29(18-21-13-7-15-33-21)24(19-9-3-1-4-10-19)26(32)28-20-11-5-2-6-12-20/h1,3-4,7-10,13-16,20,24H,2,5-6,11-12,17-18H2,(H,27,31)(H,28,32)/t24-/m1/s1. The molecule has 8 heteroatoms. The number of nitrogens with one attached hydrogen (secondary N) is 2. The summed E-state index contributed by atoms with van der Waals surface area (Å²) in [5.41, 5.74) is 0.755. The normalized spacial score (nSPS) is 14.8. The van der Waals surface area contributed by atoms with Crippen LogP contribution >= 0.6 is 22.7 Å². The van der Waals surface area contributed by atoms with Crippen molar-refractivity contribution < 1.29 is 14.4 Å². The Kier molecular flexibility index (Phi) is 8.49. The van der Waals surface area contributed by atoms with Crippen LogP contribution in [0, 0.1) is 0 Å². The Balaban J connectivity index is 1.58. The van der Waals surface area contributed by atoms with Crippen molar-refractivity contribution in [2.45, 2.75) is 50.7 Å². The molecule has 0 aliphatic heterocycles. The number of benzene rings is 1. The van der Waals surface area contributed by atoms with Crippen molar-refractivity contribution in [1.29, 1.82) is 0 Å². The van der Waals surface area contributed by atoms with Gasteiger partial charge < -0.3 is 15.5 Å². The Morgan fingerprint density at radius 1 is 0.912 bits per heavy atom. The molecule has 1 aromatic carbocycles. The SMILES string of the molecule is O=C(NCC(=O)N(Cc1cccs1)[C@@H](C(=O)NC1CCCCC1)c1ccccc1)c1cccs1. The van der Waals surface area contributed by atoms with Crippen LogP contribution in [-0.2, 0) is 16.1 Å². The van der Waals surface area contributed by atoms with Crippen LogP contribution in [0.3, 0.4) is 0 Å². The molecule has 0 bridgehead atoms. The van der Waals surface area contributed by atoms with Crippen molar-refractivity contribution in [3.8, 4) is 0 Å². The van der Waals surface area contributed by atoms with E-state index in [0.29, 0.717) is 11.4 Å². The molecule has 2 N–H and O–H groups in total. The van der Waals surface area contributed by atoms with Gasteiger partial charge >= 0.3 is 0 Å². The fourth-order valence-corrected chi connectivity index (χ4v) is 5.62. The highest BCUT2D eigenvalue weighted by atomic mass is 32.1. The van der Waals surface area contributed by atoms with Gasteiger partial charge in [-0.1, -0.05) is 61.7 Å². The van der Waals surface area contributed by atoms with Gasteiger partial charge in [-0.15, -0.1) is 22.7 Å². The molecule has 1 fully saturated rings. The zero-order valence-corrected chi connectivity index (χ0v) is 20.6. The third-order valence-corrected chi connectivity index (χ3v) is 7.73. The van der Waals surface area contributed by atoms with Gasteiger partial charge in [0.05, 0.1) is 18.0 Å². The van der Waals surface area contributed by atoms with E-state index in [4.69, 9.17) is 0 Å². The second-order valence-corrected chi connectivity index (χ2v) is 10.4. The number of nitrogens with zero attached hydrogens (tertiary/aromatic N) is 1. The summed E-state index contributed by atoms with van der Waals surface area (Å²) in [5.74, 6) is -0.763. The Labute approximate surface area is 208 Å². The molecule has 0 unspecified atom stereocenters. The molecule has 4 rings (SSSR count). The molecule has 0 spiro atoms. The summed E-state index contributed by atoms with van der Waals surface area (Å²) >= 11 is 2.86. The lowest BCUT2D eigenvalue weighted by molar-refractivity contribution is -0.141. The molecule has 1 aliphatic carbocycles. The van der Waals surface area contributed by atoms with Gasteiger partial charge in [0, 0.05) is 10.9 Å². The second-order valence-electron chi connectivity index (χ2n) is 8.42. The van der Waals surface area contributed by atoms with Gasteiger partial charge in [-0.05, 0) is 41.3 Å². The van der Waals surface area contributed by atoms with Gasteiger partial charge in [-0.3, -0.25) is 14.4 Å². The maximum atomic E-state index is 13.6. The third kappa shape index (κ3) is 6.33. The van der Waals surface area contributed by atoms with Crippen LogP contribution in [0.2, 0.25) is 0 Å². The van der Waals surface area contributed by atoms with Crippen molar-refractivity contribution >= 4 is 40.4 Å². The first-order valence-electron chi connectivity index (χ1n) is 11.6. The quantitative estimate of drug-likeness (QED) is 0.449. The molecule has 178 valence electrons. The van der Waals surface area contributed by atoms with E-state index in [2.05, 4.69) is 10.6 Å². The third-order valence-electron chi connectivity index (χ3n) is 6.00. The summed E-state index contributed by atoms with van der Waals surface area (Å²) in [5, 5.41) is 9.70. The lowest BCUT2D eigenvalue weighted by Gasteiger charge is -2.33. The number of hydrogen-bond donors (Lipinski definition) is 2. The summed E-state index contributed by atoms with van der Waals surface area (Å²) in [6, 6.07) is 16.2. The van der Waals surface area contributed by atoms with Crippen LogP contribution in [0.25, 0.3) is 0 Å². The summed E-state index contributed by atoms with van der Waals surface area (Å²) in [4.78, 5) is 42.7. The van der Waals surface area contributed by atoms with Gasteiger partial charge in [0.15, 0.2) is 0 Å². The molecule has 0 radical (unpaired) electrons. The van der Waals surface area contributed by atoms with Crippen molar-refractivity contribution in [2.24, 2.45) is 0 Å². The van der Waals surface area contributed by atoms with Crippen LogP contribution < -0.4 is 10.6 Å². The first-order chi connectivity index (χ1) is 16.6. The number of thiophene rings is 2. The van der Waals surface area contributed by atoms with E-state index in [-0.39, 0.29) is 30.3 Å². The Hall–Kier alpha value is -2.97. The smallest absolute Gasteiger partial charge is 0.261 e. The number of rotatable bonds is 9. The molecular formula is C26H29N3O3S2. The molecule has 2 aromatic heterocycles. The monoisotopic (exact) mass is 495 g/mol. The van der Waals surface area contributed by atoms with Crippen LogP contribution in [0.5, 0.6) is 0 Å².